The fourth-order valence-corrected chi connectivity index (χ4v) is 11.1. The van der Waals surface area contributed by atoms with Crippen LogP contribution in [0.4, 0.5) is 19.2 Å². The summed E-state index contributed by atoms with van der Waals surface area (Å²) in [5.41, 5.74) is -2.46. The third kappa shape index (κ3) is 60.7. The highest BCUT2D eigenvalue weighted by molar-refractivity contribution is 5.82. The van der Waals surface area contributed by atoms with E-state index in [1.807, 2.05) is 88.0 Å². The molecule has 0 unspecified atom stereocenters. The summed E-state index contributed by atoms with van der Waals surface area (Å²) in [6, 6.07) is 0. The van der Waals surface area contributed by atoms with Crippen molar-refractivity contribution in [2.24, 2.45) is 0 Å². The summed E-state index contributed by atoms with van der Waals surface area (Å²) in [5.74, 6) is -0.00125. The number of nitrogens with zero attached hydrogens (tertiary/aromatic N) is 4. The number of unbranched alkanes of at least 4 members (excludes halogenated alkanes) is 31. The van der Waals surface area contributed by atoms with Crippen LogP contribution in [-0.4, -0.2) is 157 Å². The lowest BCUT2D eigenvalue weighted by molar-refractivity contribution is -0.132. The van der Waals surface area contributed by atoms with Crippen LogP contribution in [0.25, 0.3) is 0 Å². The largest absolute Gasteiger partial charge is 0.444 e. The van der Waals surface area contributed by atoms with Crippen molar-refractivity contribution in [1.29, 1.82) is 0 Å². The van der Waals surface area contributed by atoms with Crippen molar-refractivity contribution in [2.75, 3.05) is 85.1 Å². The topological polar surface area (TPSA) is 171 Å². The third-order valence-corrected chi connectivity index (χ3v) is 16.0. The van der Waals surface area contributed by atoms with E-state index in [0.29, 0.717) is 58.7 Å². The molecule has 16 heteroatoms. The van der Waals surface area contributed by atoms with Gasteiger partial charge in [-0.05, 0) is 174 Å². The van der Waals surface area contributed by atoms with Gasteiger partial charge >= 0.3 is 24.4 Å². The van der Waals surface area contributed by atoms with Gasteiger partial charge in [0.25, 0.3) is 0 Å². The second-order valence-electron chi connectivity index (χ2n) is 30.0. The number of alkyl carbamates (subject to hydrolysis) is 3. The molecule has 0 aromatic heterocycles. The van der Waals surface area contributed by atoms with Gasteiger partial charge in [-0.1, -0.05) is 206 Å². The Labute approximate surface area is 554 Å². The Kier molecular flexibility index (Phi) is 52.7. The lowest BCUT2D eigenvalue weighted by atomic mass is 10.0. The maximum Gasteiger partial charge on any atom is 0.410 e. The minimum atomic E-state index is -0.719. The smallest absolute Gasteiger partial charge is 0.410 e. The molecule has 16 nitrogen and oxygen atoms in total. The lowest BCUT2D eigenvalue weighted by Crippen LogP contribution is -2.46. The zero-order valence-corrected chi connectivity index (χ0v) is 61.5. The Morgan fingerprint density at radius 2 is 0.489 bits per heavy atom. The van der Waals surface area contributed by atoms with Gasteiger partial charge in [0.2, 0.25) is 5.91 Å². The number of ether oxygens (including phenoxy) is 4. The first-order valence-corrected chi connectivity index (χ1v) is 37.3. The molecule has 0 rings (SSSR count). The molecule has 0 fully saturated rings. The second kappa shape index (κ2) is 54.8. The highest BCUT2D eigenvalue weighted by Gasteiger charge is 2.27. The van der Waals surface area contributed by atoms with Crippen molar-refractivity contribution in [3.8, 4) is 0 Å². The van der Waals surface area contributed by atoms with Crippen molar-refractivity contribution in [3.63, 3.8) is 0 Å². The van der Waals surface area contributed by atoms with E-state index in [0.717, 1.165) is 84.1 Å². The van der Waals surface area contributed by atoms with Gasteiger partial charge in [-0.3, -0.25) is 9.69 Å². The van der Waals surface area contributed by atoms with Gasteiger partial charge < -0.3 is 49.6 Å². The summed E-state index contributed by atoms with van der Waals surface area (Å²) < 4.78 is 22.4. The predicted octanol–water partition coefficient (Wildman–Crippen LogP) is 19.1. The molecule has 5 amide bonds. The van der Waals surface area contributed by atoms with Gasteiger partial charge in [0, 0.05) is 39.3 Å². The first kappa shape index (κ1) is 86.5. The zero-order valence-electron chi connectivity index (χ0n) is 61.5. The van der Waals surface area contributed by atoms with E-state index in [1.165, 1.54) is 180 Å². The standard InChI is InChI=1S/C74H147N7O9/c1-15-17-19-21-23-25-27-29-31-33-35-37-39-41-43-45-62-80(63-46-44-42-40-38-36-34-32-30-28-26-24-22-20-18-16-2)66(82)65-81(70(86)90-74(12,13)14)64-52-61-79(60-51-55-77-69(85)89-73(9,10)11)57-48-47-56-78(58-49-53-75-67(83)87-71(3,4)5)59-50-54-76-68(84)88-72(6,7)8/h15-65H2,1-14H3,(H,75,83)(H,76,84)(H,77,85). The Bertz CT molecular complexity index is 1670. The normalized spacial score (nSPS) is 12.1. The molecule has 0 aliphatic rings. The van der Waals surface area contributed by atoms with Crippen LogP contribution in [-0.2, 0) is 23.7 Å². The van der Waals surface area contributed by atoms with E-state index in [2.05, 4.69) is 39.6 Å². The summed E-state index contributed by atoms with van der Waals surface area (Å²) >= 11 is 0. The Morgan fingerprint density at radius 1 is 0.267 bits per heavy atom. The fourth-order valence-electron chi connectivity index (χ4n) is 11.1. The van der Waals surface area contributed by atoms with Crippen LogP contribution in [0.5, 0.6) is 0 Å². The average molecular weight is 1280 g/mol. The van der Waals surface area contributed by atoms with E-state index in [9.17, 15) is 24.0 Å². The van der Waals surface area contributed by atoms with Crippen molar-refractivity contribution in [1.82, 2.24) is 35.6 Å². The first-order valence-electron chi connectivity index (χ1n) is 37.3. The summed E-state index contributed by atoms with van der Waals surface area (Å²) in [4.78, 5) is 74.4. The highest BCUT2D eigenvalue weighted by atomic mass is 16.6. The number of nitrogens with one attached hydrogen (secondary N) is 3. The number of rotatable bonds is 57. The highest BCUT2D eigenvalue weighted by Crippen LogP contribution is 2.19. The first-order chi connectivity index (χ1) is 42.7. The van der Waals surface area contributed by atoms with Crippen LogP contribution in [0.2, 0.25) is 0 Å². The summed E-state index contributed by atoms with van der Waals surface area (Å²) in [6.45, 7) is 34.6. The van der Waals surface area contributed by atoms with Gasteiger partial charge in [0.1, 0.15) is 28.9 Å². The number of amides is 5. The molecular formula is C74H147N7O9. The maximum absolute atomic E-state index is 14.5. The summed E-state index contributed by atoms with van der Waals surface area (Å²) in [6.07, 6.45) is 44.7. The second-order valence-corrected chi connectivity index (χ2v) is 30.0. The Morgan fingerprint density at radius 3 is 0.756 bits per heavy atom. The Hall–Kier alpha value is -3.53. The van der Waals surface area contributed by atoms with Crippen molar-refractivity contribution in [3.05, 3.63) is 0 Å². The fraction of sp³-hybridized carbons (Fsp3) is 0.932. The summed E-state index contributed by atoms with van der Waals surface area (Å²) in [5, 5.41) is 8.68. The molecule has 0 aliphatic heterocycles. The van der Waals surface area contributed by atoms with Crippen molar-refractivity contribution in [2.45, 2.75) is 363 Å². The third-order valence-electron chi connectivity index (χ3n) is 16.0. The van der Waals surface area contributed by atoms with Crippen LogP contribution < -0.4 is 16.0 Å². The van der Waals surface area contributed by atoms with Crippen LogP contribution in [0.1, 0.15) is 341 Å². The van der Waals surface area contributed by atoms with Gasteiger partial charge in [-0.2, -0.15) is 0 Å². The predicted molar refractivity (Wildman–Crippen MR) is 377 cm³/mol. The van der Waals surface area contributed by atoms with Gasteiger partial charge in [-0.15, -0.1) is 0 Å². The minimum Gasteiger partial charge on any atom is -0.444 e. The minimum absolute atomic E-state index is 0.00125. The van der Waals surface area contributed by atoms with Gasteiger partial charge in [0.15, 0.2) is 0 Å². The molecule has 0 bridgehead atoms. The van der Waals surface area contributed by atoms with Crippen LogP contribution >= 0.6 is 0 Å². The number of carbonyl (C=O) groups is 5. The van der Waals surface area contributed by atoms with E-state index in [1.54, 1.807) is 4.90 Å². The van der Waals surface area contributed by atoms with Gasteiger partial charge in [0.05, 0.1) is 0 Å². The van der Waals surface area contributed by atoms with E-state index in [-0.39, 0.29) is 12.5 Å². The van der Waals surface area contributed by atoms with Gasteiger partial charge in [-0.25, -0.2) is 19.2 Å². The van der Waals surface area contributed by atoms with E-state index < -0.39 is 46.8 Å². The van der Waals surface area contributed by atoms with Crippen molar-refractivity contribution < 1.29 is 42.9 Å². The number of hydrogen-bond acceptors (Lipinski definition) is 11. The molecule has 0 atom stereocenters. The summed E-state index contributed by atoms with van der Waals surface area (Å²) in [7, 11) is 0. The molecule has 0 heterocycles. The molecule has 0 aliphatic carbocycles. The van der Waals surface area contributed by atoms with Crippen molar-refractivity contribution >= 4 is 30.3 Å². The lowest BCUT2D eigenvalue weighted by Gasteiger charge is -2.31. The number of carbonyl (C=O) groups excluding carboxylic acids is 5. The van der Waals surface area contributed by atoms with Crippen LogP contribution in [0.3, 0.4) is 0 Å². The molecule has 0 radical (unpaired) electrons. The molecule has 0 saturated carbocycles. The quantitative estimate of drug-likeness (QED) is 0.0391. The molecule has 90 heavy (non-hydrogen) atoms. The maximum atomic E-state index is 14.5. The average Bonchev–Trinajstić information content (AvgIpc) is 3.66. The SMILES string of the molecule is CCCCCCCCCCCCCCCCCCN(CCCCCCCCCCCCCCCCCC)C(=O)CN(CCCN(CCCCN(CCCNC(=O)OC(C)(C)C)CCCNC(=O)OC(C)(C)C)CCCNC(=O)OC(C)(C)C)C(=O)OC(C)(C)C. The zero-order chi connectivity index (χ0) is 67.2. The molecule has 0 aromatic rings. The molecule has 532 valence electrons. The number of hydrogen-bond donors (Lipinski definition) is 3. The molecule has 3 N–H and O–H groups in total. The van der Waals surface area contributed by atoms with E-state index in [4.69, 9.17) is 18.9 Å². The molecular weight excluding hydrogens is 1130 g/mol. The molecule has 0 aromatic carbocycles. The van der Waals surface area contributed by atoms with Crippen LogP contribution in [0, 0.1) is 0 Å². The monoisotopic (exact) mass is 1280 g/mol. The van der Waals surface area contributed by atoms with E-state index >= 15 is 0 Å². The molecule has 0 saturated heterocycles. The molecule has 0 spiro atoms. The Balaban J connectivity index is 5.96. The van der Waals surface area contributed by atoms with Crippen LogP contribution in [0.15, 0.2) is 0 Å².